The topological polar surface area (TPSA) is 74.3 Å². The zero-order valence-electron chi connectivity index (χ0n) is 14.2. The van der Waals surface area contributed by atoms with Crippen LogP contribution < -0.4 is 5.73 Å². The first-order valence-corrected chi connectivity index (χ1v) is 8.04. The number of hydrogen-bond donors (Lipinski definition) is 1. The van der Waals surface area contributed by atoms with Crippen LogP contribution in [0.15, 0.2) is 24.3 Å². The average molecular weight is 349 g/mol. The van der Waals surface area contributed by atoms with E-state index in [4.69, 9.17) is 22.1 Å². The van der Waals surface area contributed by atoms with Crippen LogP contribution in [0.25, 0.3) is 0 Å². The van der Waals surface area contributed by atoms with Crippen LogP contribution in [0.5, 0.6) is 0 Å². The molecule has 0 aliphatic rings. The number of hydrogen-bond acceptors (Lipinski definition) is 4. The second-order valence-corrected chi connectivity index (χ2v) is 6.36. The van der Waals surface area contributed by atoms with Crippen LogP contribution >= 0.6 is 11.6 Å². The Hall–Kier alpha value is -2.27. The number of ketones is 1. The monoisotopic (exact) mass is 348 g/mol. The molecule has 2 N–H and O–H groups in total. The van der Waals surface area contributed by atoms with Gasteiger partial charge in [0.05, 0.1) is 16.3 Å². The van der Waals surface area contributed by atoms with Crippen molar-refractivity contribution in [3.63, 3.8) is 0 Å². The third kappa shape index (κ3) is 3.46. The summed E-state index contributed by atoms with van der Waals surface area (Å²) < 4.78 is 7.18. The highest BCUT2D eigenvalue weighted by Gasteiger charge is 2.20. The maximum Gasteiger partial charge on any atom is 0.340 e. The van der Waals surface area contributed by atoms with Crippen molar-refractivity contribution in [2.45, 2.75) is 33.7 Å². The maximum atomic E-state index is 12.4. The van der Waals surface area contributed by atoms with Crippen molar-refractivity contribution in [1.29, 1.82) is 0 Å². The molecule has 0 saturated carbocycles. The molecule has 6 heteroatoms. The lowest BCUT2D eigenvalue weighted by molar-refractivity contribution is 0.0475. The summed E-state index contributed by atoms with van der Waals surface area (Å²) in [7, 11) is 0. The highest BCUT2D eigenvalue weighted by atomic mass is 35.5. The van der Waals surface area contributed by atoms with Gasteiger partial charge in [-0.1, -0.05) is 17.7 Å². The van der Waals surface area contributed by atoms with Gasteiger partial charge < -0.3 is 15.0 Å². The standard InChI is InChI=1S/C18H21ClN2O3/c1-10(2)21-11(3)8-14(12(21)4)16(22)9-24-18(23)13-6-5-7-15(19)17(13)20/h5-8,10H,9,20H2,1-4H3. The summed E-state index contributed by atoms with van der Waals surface area (Å²) in [4.78, 5) is 24.5. The van der Waals surface area contributed by atoms with Gasteiger partial charge in [-0.15, -0.1) is 0 Å². The van der Waals surface area contributed by atoms with E-state index in [0.717, 1.165) is 11.4 Å². The molecule has 5 nitrogen and oxygen atoms in total. The van der Waals surface area contributed by atoms with Gasteiger partial charge in [-0.05, 0) is 45.9 Å². The average Bonchev–Trinajstić information content (AvgIpc) is 2.82. The minimum atomic E-state index is -0.666. The smallest absolute Gasteiger partial charge is 0.340 e. The highest BCUT2D eigenvalue weighted by Crippen LogP contribution is 2.24. The summed E-state index contributed by atoms with van der Waals surface area (Å²) in [5.74, 6) is -0.912. The van der Waals surface area contributed by atoms with Crippen LogP contribution in [0.1, 0.15) is 52.0 Å². The number of ether oxygens (including phenoxy) is 1. The van der Waals surface area contributed by atoms with Gasteiger partial charge in [0, 0.05) is 23.0 Å². The molecule has 0 unspecified atom stereocenters. The van der Waals surface area contributed by atoms with Crippen molar-refractivity contribution in [2.24, 2.45) is 0 Å². The van der Waals surface area contributed by atoms with Crippen molar-refractivity contribution in [2.75, 3.05) is 12.3 Å². The van der Waals surface area contributed by atoms with Crippen LogP contribution in [0.4, 0.5) is 5.69 Å². The van der Waals surface area contributed by atoms with E-state index in [1.54, 1.807) is 12.1 Å². The van der Waals surface area contributed by atoms with Gasteiger partial charge in [0.25, 0.3) is 0 Å². The Labute approximate surface area is 146 Å². The first-order valence-electron chi connectivity index (χ1n) is 7.66. The van der Waals surface area contributed by atoms with Crippen molar-refractivity contribution < 1.29 is 14.3 Å². The number of anilines is 1. The summed E-state index contributed by atoms with van der Waals surface area (Å²) in [5.41, 5.74) is 8.49. The lowest BCUT2D eigenvalue weighted by Gasteiger charge is -2.13. The Bertz CT molecular complexity index is 794. The molecule has 0 atom stereocenters. The number of nitrogens with two attached hydrogens (primary N) is 1. The zero-order chi connectivity index (χ0) is 18.0. The third-order valence-electron chi connectivity index (χ3n) is 3.91. The second-order valence-electron chi connectivity index (χ2n) is 5.95. The van der Waals surface area contributed by atoms with Crippen molar-refractivity contribution >= 4 is 29.0 Å². The lowest BCUT2D eigenvalue weighted by atomic mass is 10.1. The predicted molar refractivity (Wildman–Crippen MR) is 94.8 cm³/mol. The molecule has 0 amide bonds. The Morgan fingerprint density at radius 1 is 1.25 bits per heavy atom. The summed E-state index contributed by atoms with van der Waals surface area (Å²) in [6.07, 6.45) is 0. The first kappa shape index (κ1) is 18.1. The van der Waals surface area contributed by atoms with Gasteiger partial charge in [-0.25, -0.2) is 4.79 Å². The minimum absolute atomic E-state index is 0.148. The molecule has 128 valence electrons. The fourth-order valence-corrected chi connectivity index (χ4v) is 3.03. The molecule has 0 saturated heterocycles. The number of nitrogens with zero attached hydrogens (tertiary/aromatic N) is 1. The number of benzene rings is 1. The molecule has 24 heavy (non-hydrogen) atoms. The molecule has 2 aromatic rings. The fraction of sp³-hybridized carbons (Fsp3) is 0.333. The Morgan fingerprint density at radius 3 is 2.50 bits per heavy atom. The van der Waals surface area contributed by atoms with Crippen LogP contribution in [0.3, 0.4) is 0 Å². The number of rotatable bonds is 5. The van der Waals surface area contributed by atoms with E-state index in [2.05, 4.69) is 18.4 Å². The third-order valence-corrected chi connectivity index (χ3v) is 4.24. The van der Waals surface area contributed by atoms with Gasteiger partial charge in [0.2, 0.25) is 5.78 Å². The lowest BCUT2D eigenvalue weighted by Crippen LogP contribution is -2.16. The van der Waals surface area contributed by atoms with E-state index >= 15 is 0 Å². The predicted octanol–water partition coefficient (Wildman–Crippen LogP) is 3.96. The number of aromatic nitrogens is 1. The van der Waals surface area contributed by atoms with E-state index in [9.17, 15) is 9.59 Å². The maximum absolute atomic E-state index is 12.4. The van der Waals surface area contributed by atoms with Crippen molar-refractivity contribution in [3.05, 3.63) is 51.8 Å². The van der Waals surface area contributed by atoms with Crippen LogP contribution in [0.2, 0.25) is 5.02 Å². The molecule has 1 aromatic heterocycles. The van der Waals surface area contributed by atoms with Crippen molar-refractivity contribution in [3.8, 4) is 0 Å². The number of esters is 1. The van der Waals surface area contributed by atoms with Crippen LogP contribution in [0, 0.1) is 13.8 Å². The molecule has 0 spiro atoms. The van der Waals surface area contributed by atoms with Crippen LogP contribution in [-0.4, -0.2) is 22.9 Å². The molecule has 1 aromatic carbocycles. The Kier molecular flexibility index (Phi) is 5.34. The van der Waals surface area contributed by atoms with Gasteiger partial charge >= 0.3 is 5.97 Å². The minimum Gasteiger partial charge on any atom is -0.454 e. The van der Waals surface area contributed by atoms with Gasteiger partial charge in [0.1, 0.15) is 0 Å². The SMILES string of the molecule is Cc1cc(C(=O)COC(=O)c2cccc(Cl)c2N)c(C)n1C(C)C. The Balaban J connectivity index is 2.13. The molecule has 0 aliphatic carbocycles. The normalized spacial score (nSPS) is 10.9. The number of para-hydroxylation sites is 1. The zero-order valence-corrected chi connectivity index (χ0v) is 15.0. The van der Waals surface area contributed by atoms with E-state index in [1.165, 1.54) is 6.07 Å². The molecule has 1 heterocycles. The highest BCUT2D eigenvalue weighted by molar-refractivity contribution is 6.33. The Morgan fingerprint density at radius 2 is 1.92 bits per heavy atom. The fourth-order valence-electron chi connectivity index (χ4n) is 2.86. The van der Waals surface area contributed by atoms with Crippen LogP contribution in [-0.2, 0) is 4.74 Å². The molecule has 0 radical (unpaired) electrons. The summed E-state index contributed by atoms with van der Waals surface area (Å²) >= 11 is 5.88. The number of halogens is 1. The van der Waals surface area contributed by atoms with E-state index in [1.807, 2.05) is 19.9 Å². The number of aryl methyl sites for hydroxylation is 1. The molecular formula is C18H21ClN2O3. The van der Waals surface area contributed by atoms with Gasteiger partial charge in [0.15, 0.2) is 6.61 Å². The largest absolute Gasteiger partial charge is 0.454 e. The van der Waals surface area contributed by atoms with E-state index in [0.29, 0.717) is 5.56 Å². The molecule has 2 rings (SSSR count). The quantitative estimate of drug-likeness (QED) is 0.504. The second kappa shape index (κ2) is 7.09. The first-order chi connectivity index (χ1) is 11.2. The summed E-state index contributed by atoms with van der Waals surface area (Å²) in [5, 5.41) is 0.274. The number of carbonyl (C=O) groups excluding carboxylic acids is 2. The summed E-state index contributed by atoms with van der Waals surface area (Å²) in [6, 6.07) is 6.77. The number of nitrogen functional groups attached to an aromatic ring is 1. The number of Topliss-reactive ketones (excluding diaryl/α,β-unsaturated/α-hetero) is 1. The molecule has 0 bridgehead atoms. The summed E-state index contributed by atoms with van der Waals surface area (Å²) in [6.45, 7) is 7.60. The number of carbonyl (C=O) groups is 2. The molecular weight excluding hydrogens is 328 g/mol. The van der Waals surface area contributed by atoms with Crippen molar-refractivity contribution in [1.82, 2.24) is 4.57 Å². The van der Waals surface area contributed by atoms with E-state index in [-0.39, 0.29) is 34.7 Å². The van der Waals surface area contributed by atoms with Gasteiger partial charge in [-0.2, -0.15) is 0 Å². The van der Waals surface area contributed by atoms with E-state index < -0.39 is 5.97 Å². The molecule has 0 fully saturated rings. The van der Waals surface area contributed by atoms with Gasteiger partial charge in [-0.3, -0.25) is 4.79 Å². The molecule has 0 aliphatic heterocycles.